The molecule has 0 atom stereocenters. The van der Waals surface area contributed by atoms with Crippen molar-refractivity contribution in [3.05, 3.63) is 65.5 Å². The molecule has 0 saturated heterocycles. The second-order valence-electron chi connectivity index (χ2n) is 7.02. The van der Waals surface area contributed by atoms with Gasteiger partial charge in [0.2, 0.25) is 11.7 Å². The molecule has 1 aliphatic carbocycles. The van der Waals surface area contributed by atoms with E-state index in [-0.39, 0.29) is 24.2 Å². The van der Waals surface area contributed by atoms with Crippen LogP contribution in [0.4, 0.5) is 5.69 Å². The minimum absolute atomic E-state index is 0.00924. The average molecular weight is 380 g/mol. The summed E-state index contributed by atoms with van der Waals surface area (Å²) in [5, 5.41) is 2.81. The molecule has 1 aliphatic rings. The Balaban J connectivity index is 1.57. The molecule has 1 fully saturated rings. The van der Waals surface area contributed by atoms with Gasteiger partial charge in [-0.25, -0.2) is 4.79 Å². The second kappa shape index (κ2) is 8.25. The first-order valence-electron chi connectivity index (χ1n) is 9.29. The molecule has 0 unspecified atom stereocenters. The molecule has 0 spiro atoms. The highest BCUT2D eigenvalue weighted by Crippen LogP contribution is 2.30. The number of hydrogen-bond acceptors (Lipinski definition) is 4. The van der Waals surface area contributed by atoms with Crippen molar-refractivity contribution in [1.82, 2.24) is 4.57 Å². The van der Waals surface area contributed by atoms with Crippen molar-refractivity contribution in [2.75, 3.05) is 11.9 Å². The van der Waals surface area contributed by atoms with Gasteiger partial charge >= 0.3 is 5.97 Å². The van der Waals surface area contributed by atoms with Crippen molar-refractivity contribution in [1.29, 1.82) is 0 Å². The maximum absolute atomic E-state index is 12.5. The number of rotatable bonds is 8. The molecule has 28 heavy (non-hydrogen) atoms. The molecule has 3 rings (SSSR count). The number of Topliss-reactive ketones (excluding diaryl/α,β-unsaturated/α-hetero) is 1. The fourth-order valence-corrected chi connectivity index (χ4v) is 3.07. The predicted octanol–water partition coefficient (Wildman–Crippen LogP) is 3.68. The third-order valence-electron chi connectivity index (χ3n) is 4.86. The van der Waals surface area contributed by atoms with Crippen LogP contribution in [0.2, 0.25) is 0 Å². The molecule has 6 heteroatoms. The first-order valence-corrected chi connectivity index (χ1v) is 9.29. The number of anilines is 1. The zero-order valence-corrected chi connectivity index (χ0v) is 16.2. The molecule has 0 bridgehead atoms. The number of ketones is 1. The number of aryl methyl sites for hydroxylation is 1. The molecule has 1 aromatic heterocycles. The van der Waals surface area contributed by atoms with Crippen molar-refractivity contribution in [2.24, 2.45) is 5.92 Å². The van der Waals surface area contributed by atoms with Crippen LogP contribution in [0.15, 0.2) is 43.0 Å². The van der Waals surface area contributed by atoms with Crippen molar-refractivity contribution >= 4 is 23.3 Å². The predicted molar refractivity (Wildman–Crippen MR) is 107 cm³/mol. The molecular weight excluding hydrogens is 356 g/mol. The third kappa shape index (κ3) is 4.39. The lowest BCUT2D eigenvalue weighted by Gasteiger charge is -2.08. The highest BCUT2D eigenvalue weighted by atomic mass is 16.5. The smallest absolute Gasteiger partial charge is 0.338 e. The van der Waals surface area contributed by atoms with Gasteiger partial charge in [0.25, 0.3) is 0 Å². The molecule has 1 N–H and O–H groups in total. The van der Waals surface area contributed by atoms with E-state index in [0.29, 0.717) is 23.4 Å². The van der Waals surface area contributed by atoms with Crippen LogP contribution in [0.3, 0.4) is 0 Å². The maximum atomic E-state index is 12.5. The molecule has 0 aliphatic heterocycles. The van der Waals surface area contributed by atoms with Gasteiger partial charge in [-0.2, -0.15) is 0 Å². The standard InChI is InChI=1S/C22H24N2O4/c1-4-11-24-14(2)12-19(15(24)3)20(25)13-28-22(27)17-7-9-18(10-8-17)23-21(26)16-5-6-16/h4,7-10,12,16H,1,5-6,11,13H2,2-3H3,(H,23,26). The first kappa shape index (κ1) is 19.6. The lowest BCUT2D eigenvalue weighted by molar-refractivity contribution is -0.117. The molecule has 6 nitrogen and oxygen atoms in total. The maximum Gasteiger partial charge on any atom is 0.338 e. The van der Waals surface area contributed by atoms with E-state index in [2.05, 4.69) is 11.9 Å². The Labute approximate surface area is 164 Å². The minimum Gasteiger partial charge on any atom is -0.454 e. The van der Waals surface area contributed by atoms with Crippen LogP contribution in [-0.4, -0.2) is 28.8 Å². The van der Waals surface area contributed by atoms with E-state index in [1.807, 2.05) is 18.4 Å². The Bertz CT molecular complexity index is 921. The molecule has 146 valence electrons. The SMILES string of the molecule is C=CCn1c(C)cc(C(=O)COC(=O)c2ccc(NC(=O)C3CC3)cc2)c1C. The van der Waals surface area contributed by atoms with Crippen LogP contribution >= 0.6 is 0 Å². The number of carbonyl (C=O) groups excluding carboxylic acids is 3. The number of benzene rings is 1. The number of nitrogens with one attached hydrogen (secondary N) is 1. The summed E-state index contributed by atoms with van der Waals surface area (Å²) >= 11 is 0. The van der Waals surface area contributed by atoms with Gasteiger partial charge in [-0.15, -0.1) is 6.58 Å². The number of allylic oxidation sites excluding steroid dienone is 1. The molecule has 2 aromatic rings. The lowest BCUT2D eigenvalue weighted by Crippen LogP contribution is -2.15. The summed E-state index contributed by atoms with van der Waals surface area (Å²) in [6.45, 7) is 7.80. The van der Waals surface area contributed by atoms with Crippen LogP contribution in [0.5, 0.6) is 0 Å². The Morgan fingerprint density at radius 3 is 2.50 bits per heavy atom. The van der Waals surface area contributed by atoms with Gasteiger partial charge in [0.1, 0.15) is 0 Å². The van der Waals surface area contributed by atoms with Gasteiger partial charge in [-0.3, -0.25) is 9.59 Å². The van der Waals surface area contributed by atoms with Gasteiger partial charge in [-0.05, 0) is 57.0 Å². The molecule has 1 heterocycles. The number of amides is 1. The fourth-order valence-electron chi connectivity index (χ4n) is 3.07. The topological polar surface area (TPSA) is 77.4 Å². The quantitative estimate of drug-likeness (QED) is 0.431. The number of esters is 1. The van der Waals surface area contributed by atoms with Crippen molar-refractivity contribution in [3.8, 4) is 0 Å². The highest BCUT2D eigenvalue weighted by Gasteiger charge is 2.29. The van der Waals surface area contributed by atoms with Gasteiger partial charge in [0, 0.05) is 35.1 Å². The first-order chi connectivity index (χ1) is 13.4. The number of nitrogens with zero attached hydrogens (tertiary/aromatic N) is 1. The van der Waals surface area contributed by atoms with Crippen molar-refractivity contribution in [2.45, 2.75) is 33.2 Å². The van der Waals surface area contributed by atoms with E-state index in [1.165, 1.54) is 0 Å². The summed E-state index contributed by atoms with van der Waals surface area (Å²) in [7, 11) is 0. The summed E-state index contributed by atoms with van der Waals surface area (Å²) in [5.41, 5.74) is 3.30. The van der Waals surface area contributed by atoms with Crippen LogP contribution in [-0.2, 0) is 16.1 Å². The summed E-state index contributed by atoms with van der Waals surface area (Å²) < 4.78 is 7.16. The van der Waals surface area contributed by atoms with E-state index in [0.717, 1.165) is 24.2 Å². The number of hydrogen-bond donors (Lipinski definition) is 1. The van der Waals surface area contributed by atoms with Gasteiger partial charge in [-0.1, -0.05) is 6.08 Å². The number of ether oxygens (including phenoxy) is 1. The molecular formula is C22H24N2O4. The molecule has 0 radical (unpaired) electrons. The summed E-state index contributed by atoms with van der Waals surface area (Å²) in [6, 6.07) is 8.26. The molecule has 1 saturated carbocycles. The van der Waals surface area contributed by atoms with Crippen molar-refractivity contribution < 1.29 is 19.1 Å². The van der Waals surface area contributed by atoms with Crippen molar-refractivity contribution in [3.63, 3.8) is 0 Å². The Hall–Kier alpha value is -3.15. The van der Waals surface area contributed by atoms with E-state index in [1.54, 1.807) is 36.4 Å². The third-order valence-corrected chi connectivity index (χ3v) is 4.86. The highest BCUT2D eigenvalue weighted by molar-refractivity contribution is 6.00. The van der Waals surface area contributed by atoms with E-state index >= 15 is 0 Å². The average Bonchev–Trinajstić information content (AvgIpc) is 3.49. The van der Waals surface area contributed by atoms with Crippen LogP contribution in [0.1, 0.15) is 44.9 Å². The Morgan fingerprint density at radius 1 is 1.21 bits per heavy atom. The van der Waals surface area contributed by atoms with Gasteiger partial charge in [0.05, 0.1) is 5.56 Å². The zero-order chi connectivity index (χ0) is 20.3. The lowest BCUT2D eigenvalue weighted by atomic mass is 10.1. The van der Waals surface area contributed by atoms with E-state index in [4.69, 9.17) is 4.74 Å². The summed E-state index contributed by atoms with van der Waals surface area (Å²) in [5.74, 6) is -0.697. The van der Waals surface area contributed by atoms with Crippen LogP contribution in [0, 0.1) is 19.8 Å². The summed E-state index contributed by atoms with van der Waals surface area (Å²) in [4.78, 5) is 36.4. The Morgan fingerprint density at radius 2 is 1.89 bits per heavy atom. The second-order valence-corrected chi connectivity index (χ2v) is 7.02. The number of carbonyl (C=O) groups is 3. The monoisotopic (exact) mass is 380 g/mol. The summed E-state index contributed by atoms with van der Waals surface area (Å²) in [6.07, 6.45) is 3.63. The largest absolute Gasteiger partial charge is 0.454 e. The van der Waals surface area contributed by atoms with Crippen LogP contribution < -0.4 is 5.32 Å². The fraction of sp³-hybridized carbons (Fsp3) is 0.318. The van der Waals surface area contributed by atoms with Gasteiger partial charge < -0.3 is 14.6 Å². The normalized spacial score (nSPS) is 13.1. The Kier molecular flexibility index (Phi) is 5.78. The minimum atomic E-state index is -0.576. The van der Waals surface area contributed by atoms with Gasteiger partial charge in [0.15, 0.2) is 6.61 Å². The van der Waals surface area contributed by atoms with Crippen LogP contribution in [0.25, 0.3) is 0 Å². The molecule has 1 amide bonds. The van der Waals surface area contributed by atoms with E-state index in [9.17, 15) is 14.4 Å². The number of aromatic nitrogens is 1. The van der Waals surface area contributed by atoms with E-state index < -0.39 is 5.97 Å². The zero-order valence-electron chi connectivity index (χ0n) is 16.2. The molecule has 1 aromatic carbocycles.